The highest BCUT2D eigenvalue weighted by molar-refractivity contribution is 7.17. The van der Waals surface area contributed by atoms with Crippen molar-refractivity contribution >= 4 is 27.3 Å². The molecular weight excluding hydrogens is 244 g/mol. The van der Waals surface area contributed by atoms with Crippen LogP contribution in [0.3, 0.4) is 0 Å². The predicted molar refractivity (Wildman–Crippen MR) is 76.8 cm³/mol. The maximum Gasteiger partial charge on any atom is 0.236 e. The highest BCUT2D eigenvalue weighted by Gasteiger charge is 2.07. The molecule has 2 rings (SSSR count). The topological polar surface area (TPSA) is 32.3 Å². The van der Waals surface area contributed by atoms with Gasteiger partial charge in [-0.25, -0.2) is 0 Å². The molecule has 0 atom stereocenters. The number of likely N-dealkylation sites (N-methyl/N-ethyl adjacent to an activating group) is 1. The van der Waals surface area contributed by atoms with Crippen molar-refractivity contribution in [3.8, 4) is 0 Å². The number of rotatable bonds is 5. The molecule has 0 bridgehead atoms. The average molecular weight is 262 g/mol. The molecule has 18 heavy (non-hydrogen) atoms. The Morgan fingerprint density at radius 3 is 2.94 bits per heavy atom. The minimum atomic E-state index is 0.136. The first-order chi connectivity index (χ1) is 8.72. The van der Waals surface area contributed by atoms with Crippen LogP contribution in [0.5, 0.6) is 0 Å². The lowest BCUT2D eigenvalue weighted by Gasteiger charge is -2.14. The summed E-state index contributed by atoms with van der Waals surface area (Å²) in [5.74, 6) is 0.136. The highest BCUT2D eigenvalue weighted by atomic mass is 32.1. The smallest absolute Gasteiger partial charge is 0.236 e. The number of thiophene rings is 1. The van der Waals surface area contributed by atoms with E-state index in [1.165, 1.54) is 15.6 Å². The molecule has 96 valence electrons. The van der Waals surface area contributed by atoms with Crippen molar-refractivity contribution in [3.63, 3.8) is 0 Å². The van der Waals surface area contributed by atoms with Gasteiger partial charge in [0.2, 0.25) is 5.91 Å². The van der Waals surface area contributed by atoms with Gasteiger partial charge >= 0.3 is 0 Å². The molecule has 0 aliphatic rings. The van der Waals surface area contributed by atoms with Gasteiger partial charge in [-0.1, -0.05) is 18.2 Å². The quantitative estimate of drug-likeness (QED) is 0.898. The number of benzene rings is 1. The van der Waals surface area contributed by atoms with Crippen molar-refractivity contribution in [2.75, 3.05) is 20.1 Å². The van der Waals surface area contributed by atoms with Gasteiger partial charge < -0.3 is 10.2 Å². The third-order valence-corrected chi connectivity index (χ3v) is 4.07. The van der Waals surface area contributed by atoms with Gasteiger partial charge in [-0.3, -0.25) is 4.79 Å². The maximum atomic E-state index is 11.6. The fraction of sp³-hybridized carbons (Fsp3) is 0.357. The third-order valence-electron chi connectivity index (χ3n) is 3.05. The lowest BCUT2D eigenvalue weighted by Crippen LogP contribution is -2.35. The van der Waals surface area contributed by atoms with Crippen LogP contribution < -0.4 is 5.32 Å². The van der Waals surface area contributed by atoms with Gasteiger partial charge in [0.05, 0.1) is 6.54 Å². The molecule has 1 heterocycles. The van der Waals surface area contributed by atoms with Crippen LogP contribution in [0, 0.1) is 0 Å². The molecule has 0 radical (unpaired) electrons. The van der Waals surface area contributed by atoms with E-state index in [-0.39, 0.29) is 5.91 Å². The summed E-state index contributed by atoms with van der Waals surface area (Å²) in [5, 5.41) is 6.65. The number of hydrogen-bond donors (Lipinski definition) is 1. The van der Waals surface area contributed by atoms with Crippen molar-refractivity contribution in [1.82, 2.24) is 10.2 Å². The summed E-state index contributed by atoms with van der Waals surface area (Å²) >= 11 is 1.75. The second-order valence-corrected chi connectivity index (χ2v) is 5.18. The SMILES string of the molecule is CCN(C)C(=O)CNCc1csc2ccccc12. The first-order valence-electron chi connectivity index (χ1n) is 6.12. The molecule has 0 unspecified atom stereocenters. The lowest BCUT2D eigenvalue weighted by molar-refractivity contribution is -0.128. The Morgan fingerprint density at radius 2 is 2.17 bits per heavy atom. The predicted octanol–water partition coefficient (Wildman–Crippen LogP) is 2.47. The standard InChI is InChI=1S/C14H18N2OS/c1-3-16(2)14(17)9-15-8-11-10-18-13-7-5-4-6-12(11)13/h4-7,10,15H,3,8-9H2,1-2H3. The summed E-state index contributed by atoms with van der Waals surface area (Å²) in [6.07, 6.45) is 0. The molecular formula is C14H18N2OS. The Bertz CT molecular complexity index is 535. The summed E-state index contributed by atoms with van der Waals surface area (Å²) in [6, 6.07) is 8.35. The van der Waals surface area contributed by atoms with Crippen molar-refractivity contribution < 1.29 is 4.79 Å². The minimum Gasteiger partial charge on any atom is -0.345 e. The highest BCUT2D eigenvalue weighted by Crippen LogP contribution is 2.25. The number of carbonyl (C=O) groups is 1. The lowest BCUT2D eigenvalue weighted by atomic mass is 10.2. The van der Waals surface area contributed by atoms with E-state index in [1.54, 1.807) is 16.2 Å². The van der Waals surface area contributed by atoms with Gasteiger partial charge in [0.25, 0.3) is 0 Å². The molecule has 0 aliphatic carbocycles. The van der Waals surface area contributed by atoms with Crippen LogP contribution in [0.25, 0.3) is 10.1 Å². The van der Waals surface area contributed by atoms with Gasteiger partial charge in [0.15, 0.2) is 0 Å². The molecule has 1 aromatic carbocycles. The Balaban J connectivity index is 1.93. The minimum absolute atomic E-state index is 0.136. The van der Waals surface area contributed by atoms with E-state index in [2.05, 4.69) is 35.0 Å². The van der Waals surface area contributed by atoms with E-state index in [0.29, 0.717) is 6.54 Å². The molecule has 1 aromatic heterocycles. The molecule has 4 heteroatoms. The van der Waals surface area contributed by atoms with Crippen LogP contribution >= 0.6 is 11.3 Å². The molecule has 2 aromatic rings. The molecule has 0 saturated heterocycles. The van der Waals surface area contributed by atoms with Gasteiger partial charge in [-0.2, -0.15) is 0 Å². The largest absolute Gasteiger partial charge is 0.345 e. The molecule has 0 saturated carbocycles. The summed E-state index contributed by atoms with van der Waals surface area (Å²) in [6.45, 7) is 3.87. The van der Waals surface area contributed by atoms with Crippen LogP contribution in [0.1, 0.15) is 12.5 Å². The molecule has 1 N–H and O–H groups in total. The van der Waals surface area contributed by atoms with E-state index in [4.69, 9.17) is 0 Å². The summed E-state index contributed by atoms with van der Waals surface area (Å²) in [7, 11) is 1.82. The summed E-state index contributed by atoms with van der Waals surface area (Å²) in [4.78, 5) is 13.4. The normalized spacial score (nSPS) is 10.8. The van der Waals surface area contributed by atoms with Gasteiger partial charge in [-0.15, -0.1) is 11.3 Å². The fourth-order valence-corrected chi connectivity index (χ4v) is 2.75. The Kier molecular flexibility index (Phi) is 4.33. The van der Waals surface area contributed by atoms with Crippen molar-refractivity contribution in [2.24, 2.45) is 0 Å². The van der Waals surface area contributed by atoms with Crippen molar-refractivity contribution in [1.29, 1.82) is 0 Å². The number of amides is 1. The first kappa shape index (κ1) is 13.1. The van der Waals surface area contributed by atoms with Crippen molar-refractivity contribution in [3.05, 3.63) is 35.2 Å². The number of nitrogens with zero attached hydrogens (tertiary/aromatic N) is 1. The van der Waals surface area contributed by atoms with Crippen LogP contribution in [-0.4, -0.2) is 30.9 Å². The number of fused-ring (bicyclic) bond motifs is 1. The van der Waals surface area contributed by atoms with Crippen molar-refractivity contribution in [2.45, 2.75) is 13.5 Å². The molecule has 0 aliphatic heterocycles. The Morgan fingerprint density at radius 1 is 1.39 bits per heavy atom. The number of carbonyl (C=O) groups excluding carboxylic acids is 1. The summed E-state index contributed by atoms with van der Waals surface area (Å²) in [5.41, 5.74) is 1.27. The fourth-order valence-electron chi connectivity index (χ4n) is 1.79. The average Bonchev–Trinajstić information content (AvgIpc) is 2.81. The Labute approximate surface area is 111 Å². The van der Waals surface area contributed by atoms with Crippen LogP contribution in [0.15, 0.2) is 29.6 Å². The van der Waals surface area contributed by atoms with E-state index in [9.17, 15) is 4.79 Å². The van der Waals surface area contributed by atoms with Crippen LogP contribution in [-0.2, 0) is 11.3 Å². The van der Waals surface area contributed by atoms with Gasteiger partial charge in [-0.05, 0) is 29.3 Å². The van der Waals surface area contributed by atoms with Crippen LogP contribution in [0.2, 0.25) is 0 Å². The van der Waals surface area contributed by atoms with Gasteiger partial charge in [0.1, 0.15) is 0 Å². The van der Waals surface area contributed by atoms with E-state index in [1.807, 2.05) is 14.0 Å². The zero-order valence-electron chi connectivity index (χ0n) is 10.8. The zero-order valence-corrected chi connectivity index (χ0v) is 11.6. The van der Waals surface area contributed by atoms with E-state index in [0.717, 1.165) is 13.1 Å². The van der Waals surface area contributed by atoms with E-state index >= 15 is 0 Å². The number of nitrogens with one attached hydrogen (secondary N) is 1. The first-order valence-corrected chi connectivity index (χ1v) is 7.00. The van der Waals surface area contributed by atoms with E-state index < -0.39 is 0 Å². The molecule has 3 nitrogen and oxygen atoms in total. The second kappa shape index (κ2) is 5.98. The second-order valence-electron chi connectivity index (χ2n) is 4.27. The third kappa shape index (κ3) is 2.89. The maximum absolute atomic E-state index is 11.6. The van der Waals surface area contributed by atoms with Crippen LogP contribution in [0.4, 0.5) is 0 Å². The monoisotopic (exact) mass is 262 g/mol. The zero-order chi connectivity index (χ0) is 13.0. The number of hydrogen-bond acceptors (Lipinski definition) is 3. The summed E-state index contributed by atoms with van der Waals surface area (Å²) < 4.78 is 1.30. The molecule has 1 amide bonds. The Hall–Kier alpha value is -1.39. The molecule has 0 spiro atoms. The molecule has 0 fully saturated rings. The van der Waals surface area contributed by atoms with Gasteiger partial charge in [0, 0.05) is 24.8 Å².